The second kappa shape index (κ2) is 11.0. The summed E-state index contributed by atoms with van der Waals surface area (Å²) in [7, 11) is 1.61. The van der Waals surface area contributed by atoms with Gasteiger partial charge in [-0.3, -0.25) is 19.4 Å². The molecule has 2 heterocycles. The van der Waals surface area contributed by atoms with E-state index in [1.165, 1.54) is 0 Å². The van der Waals surface area contributed by atoms with Crippen molar-refractivity contribution in [2.24, 2.45) is 0 Å². The average molecular weight is 406 g/mol. The van der Waals surface area contributed by atoms with Crippen LogP contribution < -0.4 is 20.1 Å². The monoisotopic (exact) mass is 406 g/mol. The predicted octanol–water partition coefficient (Wildman–Crippen LogP) is 0.167. The zero-order valence-corrected chi connectivity index (χ0v) is 16.9. The van der Waals surface area contributed by atoms with Crippen LogP contribution in [0.25, 0.3) is 0 Å². The first-order valence-electron chi connectivity index (χ1n) is 10.0. The van der Waals surface area contributed by atoms with E-state index in [1.54, 1.807) is 13.2 Å². The topological polar surface area (TPSA) is 92.4 Å². The highest BCUT2D eigenvalue weighted by Gasteiger charge is 2.21. The van der Waals surface area contributed by atoms with E-state index in [2.05, 4.69) is 20.4 Å². The number of carbonyl (C=O) groups excluding carboxylic acids is 2. The van der Waals surface area contributed by atoms with Crippen molar-refractivity contribution < 1.29 is 23.8 Å². The molecule has 3 rings (SSSR count). The first-order chi connectivity index (χ1) is 14.1. The van der Waals surface area contributed by atoms with Gasteiger partial charge in [-0.2, -0.15) is 0 Å². The number of hydrogen-bond donors (Lipinski definition) is 2. The maximum absolute atomic E-state index is 12.4. The molecule has 1 fully saturated rings. The van der Waals surface area contributed by atoms with E-state index < -0.39 is 0 Å². The zero-order valence-electron chi connectivity index (χ0n) is 16.9. The molecule has 9 heteroatoms. The number of carbonyl (C=O) groups is 2. The molecular formula is C20H30N4O5. The van der Waals surface area contributed by atoms with Gasteiger partial charge >= 0.3 is 0 Å². The number of methoxy groups -OCH3 is 1. The quantitative estimate of drug-likeness (QED) is 0.595. The second-order valence-electron chi connectivity index (χ2n) is 7.16. The lowest BCUT2D eigenvalue weighted by molar-refractivity contribution is -0.123. The maximum atomic E-state index is 12.4. The molecule has 0 radical (unpaired) electrons. The summed E-state index contributed by atoms with van der Waals surface area (Å²) in [5.74, 6) is 1.31. The molecule has 2 N–H and O–H groups in total. The van der Waals surface area contributed by atoms with Gasteiger partial charge in [0, 0.05) is 58.0 Å². The van der Waals surface area contributed by atoms with Gasteiger partial charge in [-0.05, 0) is 12.1 Å². The van der Waals surface area contributed by atoms with Crippen molar-refractivity contribution in [1.82, 2.24) is 15.1 Å². The molecule has 1 saturated heterocycles. The van der Waals surface area contributed by atoms with Crippen LogP contribution in [-0.4, -0.2) is 94.4 Å². The van der Waals surface area contributed by atoms with Crippen molar-refractivity contribution >= 4 is 17.5 Å². The van der Waals surface area contributed by atoms with Crippen molar-refractivity contribution in [2.45, 2.75) is 6.42 Å². The Morgan fingerprint density at radius 1 is 1.00 bits per heavy atom. The molecule has 2 aliphatic heterocycles. The Morgan fingerprint density at radius 2 is 1.66 bits per heavy atom. The largest absolute Gasteiger partial charge is 0.490 e. The van der Waals surface area contributed by atoms with Gasteiger partial charge < -0.3 is 24.8 Å². The minimum Gasteiger partial charge on any atom is -0.490 e. The first-order valence-corrected chi connectivity index (χ1v) is 10.0. The molecule has 0 bridgehead atoms. The van der Waals surface area contributed by atoms with E-state index in [-0.39, 0.29) is 11.8 Å². The van der Waals surface area contributed by atoms with Crippen LogP contribution in [-0.2, 0) is 14.3 Å². The minimum absolute atomic E-state index is 0.00245. The Labute approximate surface area is 171 Å². The Balaban J connectivity index is 1.39. The number of amides is 2. The maximum Gasteiger partial charge on any atom is 0.238 e. The number of rotatable bonds is 8. The SMILES string of the molecule is COCCNC(=O)CN1CCN(CC(=O)Nc2ccc3c(c2)OCCCO3)CC1. The van der Waals surface area contributed by atoms with Gasteiger partial charge in [0.25, 0.3) is 0 Å². The summed E-state index contributed by atoms with van der Waals surface area (Å²) >= 11 is 0. The summed E-state index contributed by atoms with van der Waals surface area (Å²) in [4.78, 5) is 28.5. The smallest absolute Gasteiger partial charge is 0.238 e. The molecule has 1 aromatic carbocycles. The molecule has 0 unspecified atom stereocenters. The summed E-state index contributed by atoms with van der Waals surface area (Å²) < 4.78 is 16.2. The lowest BCUT2D eigenvalue weighted by atomic mass is 10.2. The Kier molecular flexibility index (Phi) is 8.09. The van der Waals surface area contributed by atoms with E-state index >= 15 is 0 Å². The first kappa shape index (κ1) is 21.4. The van der Waals surface area contributed by atoms with Crippen molar-refractivity contribution in [3.63, 3.8) is 0 Å². The highest BCUT2D eigenvalue weighted by atomic mass is 16.5. The summed E-state index contributed by atoms with van der Waals surface area (Å²) in [5, 5.41) is 5.75. The normalized spacial score (nSPS) is 17.4. The van der Waals surface area contributed by atoms with E-state index in [4.69, 9.17) is 14.2 Å². The van der Waals surface area contributed by atoms with Crippen molar-refractivity contribution in [1.29, 1.82) is 0 Å². The number of hydrogen-bond acceptors (Lipinski definition) is 7. The fourth-order valence-corrected chi connectivity index (χ4v) is 3.30. The number of nitrogens with one attached hydrogen (secondary N) is 2. The molecule has 2 amide bonds. The van der Waals surface area contributed by atoms with Gasteiger partial charge in [-0.15, -0.1) is 0 Å². The van der Waals surface area contributed by atoms with Gasteiger partial charge in [0.1, 0.15) is 0 Å². The van der Waals surface area contributed by atoms with Crippen molar-refractivity contribution in [2.75, 3.05) is 78.1 Å². The fraction of sp³-hybridized carbons (Fsp3) is 0.600. The molecule has 160 valence electrons. The standard InChI is InChI=1S/C20H30N4O5/c1-27-12-5-21-19(25)14-23-6-8-24(9-7-23)15-20(26)22-16-3-4-17-18(13-16)29-11-2-10-28-17/h3-4,13H,2,5-12,14-15H2,1H3,(H,21,25)(H,22,26). The van der Waals surface area contributed by atoms with E-state index in [9.17, 15) is 9.59 Å². The van der Waals surface area contributed by atoms with Crippen molar-refractivity contribution in [3.8, 4) is 11.5 Å². The third-order valence-corrected chi connectivity index (χ3v) is 4.86. The number of anilines is 1. The zero-order chi connectivity index (χ0) is 20.5. The van der Waals surface area contributed by atoms with Crippen LogP contribution in [0.1, 0.15) is 6.42 Å². The van der Waals surface area contributed by atoms with E-state index in [0.717, 1.165) is 32.6 Å². The van der Waals surface area contributed by atoms with Crippen molar-refractivity contribution in [3.05, 3.63) is 18.2 Å². The molecule has 0 aromatic heterocycles. The number of nitrogens with zero attached hydrogens (tertiary/aromatic N) is 2. The molecule has 0 saturated carbocycles. The van der Waals surface area contributed by atoms with Crippen LogP contribution in [0.5, 0.6) is 11.5 Å². The summed E-state index contributed by atoms with van der Waals surface area (Å²) in [6.45, 7) is 6.00. The van der Waals surface area contributed by atoms with Gasteiger partial charge in [0.2, 0.25) is 11.8 Å². The summed E-state index contributed by atoms with van der Waals surface area (Å²) in [6, 6.07) is 5.46. The van der Waals surface area contributed by atoms with Crippen LogP contribution in [0, 0.1) is 0 Å². The third kappa shape index (κ3) is 6.88. The molecule has 0 atom stereocenters. The predicted molar refractivity (Wildman–Crippen MR) is 108 cm³/mol. The fourth-order valence-electron chi connectivity index (χ4n) is 3.30. The molecule has 0 spiro atoms. The highest BCUT2D eigenvalue weighted by Crippen LogP contribution is 2.32. The van der Waals surface area contributed by atoms with Gasteiger partial charge in [-0.25, -0.2) is 0 Å². The van der Waals surface area contributed by atoms with E-state index in [1.807, 2.05) is 12.1 Å². The lowest BCUT2D eigenvalue weighted by Crippen LogP contribution is -2.51. The number of fused-ring (bicyclic) bond motifs is 1. The van der Waals surface area contributed by atoms with Gasteiger partial charge in [-0.1, -0.05) is 0 Å². The van der Waals surface area contributed by atoms with Crippen LogP contribution >= 0.6 is 0 Å². The van der Waals surface area contributed by atoms with Crippen LogP contribution in [0.15, 0.2) is 18.2 Å². The van der Waals surface area contributed by atoms with Crippen LogP contribution in [0.4, 0.5) is 5.69 Å². The molecule has 1 aromatic rings. The number of piperazine rings is 1. The summed E-state index contributed by atoms with van der Waals surface area (Å²) in [6.07, 6.45) is 0.844. The Hall–Kier alpha value is -2.36. The molecule has 9 nitrogen and oxygen atoms in total. The highest BCUT2D eigenvalue weighted by molar-refractivity contribution is 5.92. The van der Waals surface area contributed by atoms with Crippen LogP contribution in [0.2, 0.25) is 0 Å². The summed E-state index contributed by atoms with van der Waals surface area (Å²) in [5.41, 5.74) is 0.700. The Bertz CT molecular complexity index is 691. The molecular weight excluding hydrogens is 376 g/mol. The second-order valence-corrected chi connectivity index (χ2v) is 7.16. The third-order valence-electron chi connectivity index (χ3n) is 4.86. The number of ether oxygens (including phenoxy) is 3. The number of benzene rings is 1. The van der Waals surface area contributed by atoms with Crippen LogP contribution in [0.3, 0.4) is 0 Å². The average Bonchev–Trinajstić information content (AvgIpc) is 2.94. The minimum atomic E-state index is -0.0646. The lowest BCUT2D eigenvalue weighted by Gasteiger charge is -2.33. The van der Waals surface area contributed by atoms with E-state index in [0.29, 0.717) is 56.6 Å². The van der Waals surface area contributed by atoms with Gasteiger partial charge in [0.15, 0.2) is 11.5 Å². The molecule has 2 aliphatic rings. The Morgan fingerprint density at radius 3 is 2.34 bits per heavy atom. The molecule has 29 heavy (non-hydrogen) atoms. The van der Waals surface area contributed by atoms with Gasteiger partial charge in [0.05, 0.1) is 32.9 Å². The molecule has 0 aliphatic carbocycles.